The molecule has 2 N–H and O–H groups in total. The molecule has 7 nitrogen and oxygen atoms in total. The first-order valence-electron chi connectivity index (χ1n) is 9.56. The van der Waals surface area contributed by atoms with E-state index in [0.29, 0.717) is 18.4 Å². The topological polar surface area (TPSA) is 97.4 Å². The number of nitrogens with one attached hydrogen (secondary N) is 2. The highest BCUT2D eigenvalue weighted by molar-refractivity contribution is 7.92. The number of ether oxygens (including phenoxy) is 1. The van der Waals surface area contributed by atoms with Gasteiger partial charge in [0, 0.05) is 0 Å². The fourth-order valence-corrected chi connectivity index (χ4v) is 5.51. The van der Waals surface area contributed by atoms with E-state index in [1.807, 2.05) is 0 Å². The van der Waals surface area contributed by atoms with Crippen LogP contribution >= 0.6 is 11.3 Å². The molecule has 29 heavy (non-hydrogen) atoms. The van der Waals surface area contributed by atoms with Crippen LogP contribution in [0.4, 0.5) is 9.52 Å². The largest absolute Gasteiger partial charge is 0.360 e. The Hall–Kier alpha value is -1.88. The van der Waals surface area contributed by atoms with Crippen LogP contribution in [0.5, 0.6) is 0 Å². The van der Waals surface area contributed by atoms with Gasteiger partial charge in [0.15, 0.2) is 26.2 Å². The minimum atomic E-state index is -3.30. The van der Waals surface area contributed by atoms with Crippen molar-refractivity contribution >= 4 is 32.2 Å². The molecule has 1 saturated heterocycles. The lowest BCUT2D eigenvalue weighted by Gasteiger charge is -2.27. The first kappa shape index (κ1) is 20.4. The van der Waals surface area contributed by atoms with Crippen LogP contribution in [0.1, 0.15) is 37.4 Å². The monoisotopic (exact) mass is 439 g/mol. The first-order chi connectivity index (χ1) is 13.9. The predicted octanol–water partition coefficient (Wildman–Crippen LogP) is 2.67. The Morgan fingerprint density at radius 1 is 1.21 bits per heavy atom. The maximum Gasteiger partial charge on any atom is 0.259 e. The molecular weight excluding hydrogens is 417 g/mol. The SMILES string of the molecule is O=C(Nc1ncc(F)s1)C(OC1CCNCC1)c1ccc(S(=O)(=O)C2CC2)cc1. The number of hydrogen-bond donors (Lipinski definition) is 2. The van der Waals surface area contributed by atoms with Crippen LogP contribution in [0.3, 0.4) is 0 Å². The highest BCUT2D eigenvalue weighted by Gasteiger charge is 2.37. The summed E-state index contributed by atoms with van der Waals surface area (Å²) in [7, 11) is -3.30. The summed E-state index contributed by atoms with van der Waals surface area (Å²) in [5, 5.41) is 5.20. The van der Waals surface area contributed by atoms with Crippen molar-refractivity contribution in [3.05, 3.63) is 41.2 Å². The summed E-state index contributed by atoms with van der Waals surface area (Å²) in [6, 6.07) is 6.28. The van der Waals surface area contributed by atoms with Gasteiger partial charge in [-0.1, -0.05) is 23.5 Å². The van der Waals surface area contributed by atoms with E-state index in [2.05, 4.69) is 15.6 Å². The molecule has 1 aromatic heterocycles. The van der Waals surface area contributed by atoms with Crippen LogP contribution in [0, 0.1) is 5.13 Å². The van der Waals surface area contributed by atoms with Gasteiger partial charge >= 0.3 is 0 Å². The lowest BCUT2D eigenvalue weighted by Crippen LogP contribution is -2.35. The van der Waals surface area contributed by atoms with Crippen molar-refractivity contribution in [1.29, 1.82) is 0 Å². The number of halogens is 1. The van der Waals surface area contributed by atoms with E-state index in [0.717, 1.165) is 43.5 Å². The third kappa shape index (κ3) is 4.82. The molecule has 1 aliphatic carbocycles. The standard InChI is InChI=1S/C19H22FN3O4S2/c20-16-11-22-19(28-16)23-18(24)17(27-13-7-9-21-10-8-13)12-1-3-14(4-2-12)29(25,26)15-5-6-15/h1-4,11,13,15,17,21H,5-10H2,(H,22,23,24). The van der Waals surface area contributed by atoms with Crippen molar-refractivity contribution in [2.24, 2.45) is 0 Å². The summed E-state index contributed by atoms with van der Waals surface area (Å²) in [5.41, 5.74) is 0.549. The van der Waals surface area contributed by atoms with Crippen molar-refractivity contribution < 1.29 is 22.3 Å². The van der Waals surface area contributed by atoms with Crippen molar-refractivity contribution in [3.8, 4) is 0 Å². The second-order valence-electron chi connectivity index (χ2n) is 7.24. The van der Waals surface area contributed by atoms with Gasteiger partial charge in [-0.05, 0) is 56.5 Å². The zero-order chi connectivity index (χ0) is 20.4. The van der Waals surface area contributed by atoms with Gasteiger partial charge < -0.3 is 10.1 Å². The number of nitrogens with zero attached hydrogens (tertiary/aromatic N) is 1. The molecule has 1 aromatic carbocycles. The van der Waals surface area contributed by atoms with Gasteiger partial charge in [-0.2, -0.15) is 4.39 Å². The van der Waals surface area contributed by atoms with Gasteiger partial charge in [-0.25, -0.2) is 13.4 Å². The summed E-state index contributed by atoms with van der Waals surface area (Å²) in [4.78, 5) is 16.9. The molecule has 0 spiro atoms. The Kier molecular flexibility index (Phi) is 5.95. The fourth-order valence-electron chi connectivity index (χ4n) is 3.30. The summed E-state index contributed by atoms with van der Waals surface area (Å²) >= 11 is 0.736. The molecule has 1 amide bonds. The van der Waals surface area contributed by atoms with Crippen molar-refractivity contribution in [1.82, 2.24) is 10.3 Å². The molecule has 1 unspecified atom stereocenters. The van der Waals surface area contributed by atoms with Gasteiger partial charge in [0.25, 0.3) is 5.91 Å². The van der Waals surface area contributed by atoms with Crippen LogP contribution in [0.2, 0.25) is 0 Å². The van der Waals surface area contributed by atoms with Gasteiger partial charge in [0.1, 0.15) is 0 Å². The second-order valence-corrected chi connectivity index (χ2v) is 10.4. The molecule has 2 aliphatic rings. The molecule has 4 rings (SSSR count). The molecule has 1 aliphatic heterocycles. The molecule has 1 saturated carbocycles. The Labute approximate surface area is 172 Å². The maximum atomic E-state index is 13.2. The third-order valence-corrected chi connectivity index (χ3v) is 8.01. The number of thiazole rings is 1. The number of amides is 1. The molecular formula is C19H22FN3O4S2. The molecule has 0 radical (unpaired) electrons. The molecule has 0 bridgehead atoms. The van der Waals surface area contributed by atoms with E-state index in [4.69, 9.17) is 4.74 Å². The normalized spacial score (nSPS) is 19.1. The summed E-state index contributed by atoms with van der Waals surface area (Å²) in [5.74, 6) is -0.462. The van der Waals surface area contributed by atoms with E-state index in [9.17, 15) is 17.6 Å². The number of benzene rings is 1. The lowest BCUT2D eigenvalue weighted by molar-refractivity contribution is -0.133. The highest BCUT2D eigenvalue weighted by atomic mass is 32.2. The number of carbonyl (C=O) groups excluding carboxylic acids is 1. The van der Waals surface area contributed by atoms with E-state index in [1.54, 1.807) is 12.1 Å². The Morgan fingerprint density at radius 2 is 1.90 bits per heavy atom. The minimum Gasteiger partial charge on any atom is -0.360 e. The molecule has 1 atom stereocenters. The number of piperidine rings is 1. The fraction of sp³-hybridized carbons (Fsp3) is 0.474. The molecule has 2 heterocycles. The molecule has 2 fully saturated rings. The number of anilines is 1. The molecule has 10 heteroatoms. The summed E-state index contributed by atoms with van der Waals surface area (Å²) in [6.45, 7) is 1.60. The van der Waals surface area contributed by atoms with Crippen LogP contribution in [0.25, 0.3) is 0 Å². The van der Waals surface area contributed by atoms with Crippen molar-refractivity contribution in [2.75, 3.05) is 18.4 Å². The van der Waals surface area contributed by atoms with Gasteiger partial charge in [0.05, 0.1) is 22.4 Å². The minimum absolute atomic E-state index is 0.102. The summed E-state index contributed by atoms with van der Waals surface area (Å²) in [6.07, 6.45) is 2.92. The van der Waals surface area contributed by atoms with E-state index in [-0.39, 0.29) is 21.4 Å². The number of sulfone groups is 1. The third-order valence-electron chi connectivity index (χ3n) is 5.04. The average molecular weight is 440 g/mol. The van der Waals surface area contributed by atoms with Crippen molar-refractivity contribution in [2.45, 2.75) is 48.0 Å². The van der Waals surface area contributed by atoms with Crippen LogP contribution in [0.15, 0.2) is 35.4 Å². The molecule has 156 valence electrons. The quantitative estimate of drug-likeness (QED) is 0.689. The van der Waals surface area contributed by atoms with Crippen LogP contribution < -0.4 is 10.6 Å². The van der Waals surface area contributed by atoms with Gasteiger partial charge in [0.2, 0.25) is 0 Å². The Bertz CT molecular complexity index is 968. The van der Waals surface area contributed by atoms with Crippen LogP contribution in [-0.4, -0.2) is 43.8 Å². The predicted molar refractivity (Wildman–Crippen MR) is 107 cm³/mol. The number of aromatic nitrogens is 1. The van der Waals surface area contributed by atoms with E-state index in [1.165, 1.54) is 12.1 Å². The first-order valence-corrected chi connectivity index (χ1v) is 11.9. The number of carbonyl (C=O) groups is 1. The summed E-state index contributed by atoms with van der Waals surface area (Å²) < 4.78 is 44.1. The average Bonchev–Trinajstić information content (AvgIpc) is 3.51. The number of hydrogen-bond acceptors (Lipinski definition) is 7. The van der Waals surface area contributed by atoms with E-state index >= 15 is 0 Å². The molecule has 2 aromatic rings. The zero-order valence-electron chi connectivity index (χ0n) is 15.6. The van der Waals surface area contributed by atoms with Gasteiger partial charge in [-0.3, -0.25) is 10.1 Å². The van der Waals surface area contributed by atoms with Crippen LogP contribution in [-0.2, 0) is 19.4 Å². The Morgan fingerprint density at radius 3 is 2.48 bits per heavy atom. The zero-order valence-corrected chi connectivity index (χ0v) is 17.3. The van der Waals surface area contributed by atoms with Gasteiger partial charge in [-0.15, -0.1) is 0 Å². The van der Waals surface area contributed by atoms with E-state index < -0.39 is 27.0 Å². The smallest absolute Gasteiger partial charge is 0.259 e. The number of rotatable bonds is 7. The maximum absolute atomic E-state index is 13.2. The Balaban J connectivity index is 1.55. The highest BCUT2D eigenvalue weighted by Crippen LogP contribution is 2.34. The lowest BCUT2D eigenvalue weighted by atomic mass is 10.1. The second kappa shape index (κ2) is 8.47. The van der Waals surface area contributed by atoms with Crippen molar-refractivity contribution in [3.63, 3.8) is 0 Å².